The number of aromatic nitrogens is 3. The van der Waals surface area contributed by atoms with Gasteiger partial charge >= 0.3 is 0 Å². The van der Waals surface area contributed by atoms with Crippen LogP contribution in [0.1, 0.15) is 5.56 Å². The summed E-state index contributed by atoms with van der Waals surface area (Å²) >= 11 is 1.44. The first-order valence-corrected chi connectivity index (χ1v) is 5.66. The number of nitrogens with zero attached hydrogens (tertiary/aromatic N) is 3. The molecule has 0 fully saturated rings. The number of hydrogen-bond donors (Lipinski definition) is 1. The molecule has 0 bridgehead atoms. The van der Waals surface area contributed by atoms with Crippen LogP contribution in [0.4, 0.5) is 10.1 Å². The molecule has 0 saturated heterocycles. The summed E-state index contributed by atoms with van der Waals surface area (Å²) in [4.78, 5) is 0. The summed E-state index contributed by atoms with van der Waals surface area (Å²) in [6, 6.07) is 4.70. The number of aryl methyl sites for hydroxylation is 1. The van der Waals surface area contributed by atoms with Crippen molar-refractivity contribution in [2.24, 2.45) is 7.05 Å². The first kappa shape index (κ1) is 10.9. The van der Waals surface area contributed by atoms with Crippen molar-refractivity contribution in [2.45, 2.75) is 10.9 Å². The van der Waals surface area contributed by atoms with E-state index >= 15 is 0 Å². The molecule has 0 radical (unpaired) electrons. The van der Waals surface area contributed by atoms with Crippen molar-refractivity contribution in [1.82, 2.24) is 14.8 Å². The van der Waals surface area contributed by atoms with Gasteiger partial charge in [-0.1, -0.05) is 17.8 Å². The average Bonchev–Trinajstić information content (AvgIpc) is 2.63. The van der Waals surface area contributed by atoms with Gasteiger partial charge in [-0.05, 0) is 17.7 Å². The van der Waals surface area contributed by atoms with Gasteiger partial charge in [0.2, 0.25) is 0 Å². The lowest BCUT2D eigenvalue weighted by Crippen LogP contribution is -1.93. The molecule has 0 amide bonds. The summed E-state index contributed by atoms with van der Waals surface area (Å²) in [5, 5.41) is 8.42. The fourth-order valence-corrected chi connectivity index (χ4v) is 2.10. The smallest absolute Gasteiger partial charge is 0.191 e. The van der Waals surface area contributed by atoms with Crippen molar-refractivity contribution < 1.29 is 4.39 Å². The molecule has 6 heteroatoms. The van der Waals surface area contributed by atoms with E-state index in [1.54, 1.807) is 23.0 Å². The zero-order valence-corrected chi connectivity index (χ0v) is 9.54. The lowest BCUT2D eigenvalue weighted by molar-refractivity contribution is 0.618. The van der Waals surface area contributed by atoms with E-state index in [-0.39, 0.29) is 5.82 Å². The SMILES string of the molecule is Cn1cnnc1SCc1ccc(N)cc1F. The Kier molecular flexibility index (Phi) is 3.09. The summed E-state index contributed by atoms with van der Waals surface area (Å²) in [6.07, 6.45) is 1.61. The van der Waals surface area contributed by atoms with E-state index in [9.17, 15) is 4.39 Å². The van der Waals surface area contributed by atoms with Gasteiger partial charge in [0, 0.05) is 18.5 Å². The van der Waals surface area contributed by atoms with Crippen LogP contribution in [0.3, 0.4) is 0 Å². The maximum Gasteiger partial charge on any atom is 0.191 e. The number of benzene rings is 1. The second kappa shape index (κ2) is 4.52. The standard InChI is InChI=1S/C10H11FN4S/c1-15-6-13-14-10(15)16-5-7-2-3-8(12)4-9(7)11/h2-4,6H,5,12H2,1H3. The first-order chi connectivity index (χ1) is 7.66. The Morgan fingerprint density at radius 1 is 1.50 bits per heavy atom. The van der Waals surface area contributed by atoms with Gasteiger partial charge in [-0.2, -0.15) is 0 Å². The minimum atomic E-state index is -0.283. The quantitative estimate of drug-likeness (QED) is 0.654. The first-order valence-electron chi connectivity index (χ1n) is 4.67. The molecule has 2 rings (SSSR count). The van der Waals surface area contributed by atoms with Crippen molar-refractivity contribution >= 4 is 17.4 Å². The summed E-state index contributed by atoms with van der Waals surface area (Å²) in [6.45, 7) is 0. The molecule has 0 aliphatic heterocycles. The number of rotatable bonds is 3. The summed E-state index contributed by atoms with van der Waals surface area (Å²) in [5.41, 5.74) is 6.52. The molecule has 0 aliphatic rings. The maximum absolute atomic E-state index is 13.4. The van der Waals surface area contributed by atoms with Crippen molar-refractivity contribution in [3.63, 3.8) is 0 Å². The minimum Gasteiger partial charge on any atom is -0.399 e. The summed E-state index contributed by atoms with van der Waals surface area (Å²) < 4.78 is 15.2. The van der Waals surface area contributed by atoms with Crippen LogP contribution in [0.25, 0.3) is 0 Å². The lowest BCUT2D eigenvalue weighted by Gasteiger charge is -2.03. The predicted molar refractivity (Wildman–Crippen MR) is 61.4 cm³/mol. The predicted octanol–water partition coefficient (Wildman–Crippen LogP) is 1.83. The highest BCUT2D eigenvalue weighted by Gasteiger charge is 2.06. The fourth-order valence-electron chi connectivity index (χ4n) is 1.23. The molecule has 0 spiro atoms. The molecule has 84 valence electrons. The van der Waals surface area contributed by atoms with Crippen LogP contribution in [0.2, 0.25) is 0 Å². The Labute approximate surface area is 96.7 Å². The highest BCUT2D eigenvalue weighted by Crippen LogP contribution is 2.22. The average molecular weight is 238 g/mol. The zero-order chi connectivity index (χ0) is 11.5. The van der Waals surface area contributed by atoms with Gasteiger partial charge in [0.05, 0.1) is 0 Å². The lowest BCUT2D eigenvalue weighted by atomic mass is 10.2. The topological polar surface area (TPSA) is 56.7 Å². The third-order valence-corrected chi connectivity index (χ3v) is 3.19. The maximum atomic E-state index is 13.4. The van der Waals surface area contributed by atoms with Crippen LogP contribution in [-0.2, 0) is 12.8 Å². The number of nitrogens with two attached hydrogens (primary N) is 1. The Morgan fingerprint density at radius 3 is 2.94 bits per heavy atom. The monoisotopic (exact) mass is 238 g/mol. The molecule has 0 atom stereocenters. The molecular formula is C10H11FN4S. The number of hydrogen-bond acceptors (Lipinski definition) is 4. The van der Waals surface area contributed by atoms with Gasteiger partial charge in [-0.3, -0.25) is 0 Å². The van der Waals surface area contributed by atoms with Crippen LogP contribution in [0.15, 0.2) is 29.7 Å². The van der Waals surface area contributed by atoms with Gasteiger partial charge in [-0.25, -0.2) is 4.39 Å². The van der Waals surface area contributed by atoms with Gasteiger partial charge in [0.15, 0.2) is 5.16 Å². The third-order valence-electron chi connectivity index (χ3n) is 2.10. The van der Waals surface area contributed by atoms with Gasteiger partial charge in [-0.15, -0.1) is 10.2 Å². The van der Waals surface area contributed by atoms with Gasteiger partial charge in [0.25, 0.3) is 0 Å². The summed E-state index contributed by atoms with van der Waals surface area (Å²) in [5.74, 6) is 0.230. The third kappa shape index (κ3) is 2.33. The number of nitrogen functional groups attached to an aromatic ring is 1. The highest BCUT2D eigenvalue weighted by molar-refractivity contribution is 7.98. The van der Waals surface area contributed by atoms with E-state index in [2.05, 4.69) is 10.2 Å². The second-order valence-corrected chi connectivity index (χ2v) is 4.31. The Hall–Kier alpha value is -1.56. The van der Waals surface area contributed by atoms with E-state index in [4.69, 9.17) is 5.73 Å². The fraction of sp³-hybridized carbons (Fsp3) is 0.200. The zero-order valence-electron chi connectivity index (χ0n) is 8.72. The van der Waals surface area contributed by atoms with Gasteiger partial charge < -0.3 is 10.3 Å². The van der Waals surface area contributed by atoms with Crippen LogP contribution >= 0.6 is 11.8 Å². The van der Waals surface area contributed by atoms with E-state index < -0.39 is 0 Å². The van der Waals surface area contributed by atoms with Crippen LogP contribution in [0, 0.1) is 5.82 Å². The molecule has 0 saturated carbocycles. The Morgan fingerprint density at radius 2 is 2.31 bits per heavy atom. The van der Waals surface area contributed by atoms with E-state index in [1.165, 1.54) is 17.8 Å². The minimum absolute atomic E-state index is 0.283. The van der Waals surface area contributed by atoms with E-state index in [1.807, 2.05) is 7.05 Å². The van der Waals surface area contributed by atoms with Crippen LogP contribution in [-0.4, -0.2) is 14.8 Å². The molecular weight excluding hydrogens is 227 g/mol. The Bertz CT molecular complexity index is 497. The molecule has 0 unspecified atom stereocenters. The van der Waals surface area contributed by atoms with E-state index in [0.717, 1.165) is 5.16 Å². The molecule has 2 N–H and O–H groups in total. The largest absolute Gasteiger partial charge is 0.399 e. The molecule has 1 heterocycles. The van der Waals surface area contributed by atoms with E-state index in [0.29, 0.717) is 17.0 Å². The number of anilines is 1. The van der Waals surface area contributed by atoms with Crippen molar-refractivity contribution in [1.29, 1.82) is 0 Å². The molecule has 2 aromatic rings. The molecule has 4 nitrogen and oxygen atoms in total. The molecule has 1 aromatic heterocycles. The summed E-state index contributed by atoms with van der Waals surface area (Å²) in [7, 11) is 1.85. The molecule has 16 heavy (non-hydrogen) atoms. The normalized spacial score (nSPS) is 10.6. The van der Waals surface area contributed by atoms with Crippen LogP contribution in [0.5, 0.6) is 0 Å². The van der Waals surface area contributed by atoms with Crippen molar-refractivity contribution in [3.05, 3.63) is 35.9 Å². The number of thioether (sulfide) groups is 1. The number of halogens is 1. The van der Waals surface area contributed by atoms with Crippen molar-refractivity contribution in [3.8, 4) is 0 Å². The second-order valence-electron chi connectivity index (χ2n) is 3.36. The highest BCUT2D eigenvalue weighted by atomic mass is 32.2. The Balaban J connectivity index is 2.08. The van der Waals surface area contributed by atoms with Crippen LogP contribution < -0.4 is 5.73 Å². The molecule has 1 aromatic carbocycles. The van der Waals surface area contributed by atoms with Crippen molar-refractivity contribution in [2.75, 3.05) is 5.73 Å². The molecule has 0 aliphatic carbocycles. The van der Waals surface area contributed by atoms with Gasteiger partial charge in [0.1, 0.15) is 12.1 Å².